The minimum atomic E-state index is -1.17. The van der Waals surface area contributed by atoms with Gasteiger partial charge < -0.3 is 24.8 Å². The first-order chi connectivity index (χ1) is 10.5. The molecule has 7 heteroatoms. The summed E-state index contributed by atoms with van der Waals surface area (Å²) >= 11 is 0. The number of nitrogens with two attached hydrogens (primary N) is 1. The zero-order chi connectivity index (χ0) is 15.7. The molecule has 2 N–H and O–H groups in total. The van der Waals surface area contributed by atoms with Gasteiger partial charge in [0, 0.05) is 6.54 Å². The molecule has 1 unspecified atom stereocenters. The molecule has 0 aliphatic carbocycles. The number of primary amides is 1. The van der Waals surface area contributed by atoms with E-state index in [2.05, 4.69) is 0 Å². The molecular weight excluding hydrogens is 288 g/mol. The zero-order valence-electron chi connectivity index (χ0n) is 12.3. The van der Waals surface area contributed by atoms with Crippen molar-refractivity contribution in [3.05, 3.63) is 23.8 Å². The standard InChI is InChI=1S/C15H18N2O5/c1-15(14(16)19)9-17(5-6-22-15)13(18)10-3-2-4-11-12(10)21-8-7-20-11/h2-4H,5-9H2,1H3,(H2,16,19). The number of benzene rings is 1. The Hall–Kier alpha value is -2.28. The van der Waals surface area contributed by atoms with Crippen LogP contribution in [0.25, 0.3) is 0 Å². The van der Waals surface area contributed by atoms with Gasteiger partial charge in [0.2, 0.25) is 0 Å². The molecule has 1 fully saturated rings. The molecule has 118 valence electrons. The van der Waals surface area contributed by atoms with Crippen LogP contribution in [-0.2, 0) is 9.53 Å². The maximum absolute atomic E-state index is 12.8. The van der Waals surface area contributed by atoms with E-state index in [9.17, 15) is 9.59 Å². The molecule has 0 radical (unpaired) electrons. The summed E-state index contributed by atoms with van der Waals surface area (Å²) in [6.45, 7) is 3.23. The predicted molar refractivity (Wildman–Crippen MR) is 76.9 cm³/mol. The number of fused-ring (bicyclic) bond motifs is 1. The van der Waals surface area contributed by atoms with Crippen LogP contribution < -0.4 is 15.2 Å². The number of morpholine rings is 1. The molecule has 0 spiro atoms. The highest BCUT2D eigenvalue weighted by molar-refractivity contribution is 5.98. The normalized spacial score (nSPS) is 24.0. The van der Waals surface area contributed by atoms with Crippen LogP contribution in [0.4, 0.5) is 0 Å². The second-order valence-corrected chi connectivity index (χ2v) is 5.50. The molecule has 0 saturated carbocycles. The van der Waals surface area contributed by atoms with Crippen LogP contribution in [0.3, 0.4) is 0 Å². The van der Waals surface area contributed by atoms with Gasteiger partial charge in [-0.05, 0) is 19.1 Å². The van der Waals surface area contributed by atoms with Gasteiger partial charge in [-0.15, -0.1) is 0 Å². The summed E-state index contributed by atoms with van der Waals surface area (Å²) in [5.41, 5.74) is 4.62. The SMILES string of the molecule is CC1(C(N)=O)CN(C(=O)c2cccc3c2OCCO3)CCO1. The molecule has 1 aromatic rings. The van der Waals surface area contributed by atoms with Gasteiger partial charge >= 0.3 is 0 Å². The number of para-hydroxylation sites is 1. The number of nitrogens with zero attached hydrogens (tertiary/aromatic N) is 1. The molecule has 2 heterocycles. The minimum Gasteiger partial charge on any atom is -0.486 e. The van der Waals surface area contributed by atoms with Crippen molar-refractivity contribution in [2.75, 3.05) is 32.9 Å². The van der Waals surface area contributed by atoms with Gasteiger partial charge in [-0.3, -0.25) is 9.59 Å². The van der Waals surface area contributed by atoms with E-state index in [0.717, 1.165) is 0 Å². The van der Waals surface area contributed by atoms with Crippen LogP contribution in [0.15, 0.2) is 18.2 Å². The Labute approximate surface area is 127 Å². The molecule has 7 nitrogen and oxygen atoms in total. The monoisotopic (exact) mass is 306 g/mol. The van der Waals surface area contributed by atoms with E-state index >= 15 is 0 Å². The van der Waals surface area contributed by atoms with Gasteiger partial charge in [0.15, 0.2) is 17.1 Å². The Morgan fingerprint density at radius 1 is 1.23 bits per heavy atom. The number of carbonyl (C=O) groups is 2. The van der Waals surface area contributed by atoms with Crippen molar-refractivity contribution in [2.45, 2.75) is 12.5 Å². The third-order valence-electron chi connectivity index (χ3n) is 3.88. The summed E-state index contributed by atoms with van der Waals surface area (Å²) in [4.78, 5) is 25.9. The molecule has 0 aromatic heterocycles. The lowest BCUT2D eigenvalue weighted by atomic mass is 10.0. The lowest BCUT2D eigenvalue weighted by molar-refractivity contribution is -0.150. The molecule has 2 amide bonds. The van der Waals surface area contributed by atoms with Gasteiger partial charge in [0.25, 0.3) is 11.8 Å². The van der Waals surface area contributed by atoms with Crippen molar-refractivity contribution in [1.82, 2.24) is 4.90 Å². The maximum atomic E-state index is 12.8. The van der Waals surface area contributed by atoms with Crippen LogP contribution in [0.5, 0.6) is 11.5 Å². The van der Waals surface area contributed by atoms with Crippen molar-refractivity contribution in [1.29, 1.82) is 0 Å². The van der Waals surface area contributed by atoms with E-state index in [1.54, 1.807) is 30.0 Å². The van der Waals surface area contributed by atoms with E-state index in [0.29, 0.717) is 36.8 Å². The van der Waals surface area contributed by atoms with Gasteiger partial charge in [0.1, 0.15) is 13.2 Å². The van der Waals surface area contributed by atoms with Gasteiger partial charge in [0.05, 0.1) is 18.7 Å². The Morgan fingerprint density at radius 2 is 2.00 bits per heavy atom. The maximum Gasteiger partial charge on any atom is 0.257 e. The van der Waals surface area contributed by atoms with Crippen LogP contribution in [0.1, 0.15) is 17.3 Å². The molecular formula is C15H18N2O5. The number of amides is 2. The number of rotatable bonds is 2. The van der Waals surface area contributed by atoms with E-state index in [1.165, 1.54) is 0 Å². The number of carbonyl (C=O) groups excluding carboxylic acids is 2. The third kappa shape index (κ3) is 2.48. The van der Waals surface area contributed by atoms with Crippen molar-refractivity contribution in [3.63, 3.8) is 0 Å². The topological polar surface area (TPSA) is 91.1 Å². The Bertz CT molecular complexity index is 618. The van der Waals surface area contributed by atoms with E-state index < -0.39 is 11.5 Å². The van der Waals surface area contributed by atoms with E-state index in [1.807, 2.05) is 0 Å². The van der Waals surface area contributed by atoms with Gasteiger partial charge in [-0.25, -0.2) is 0 Å². The quantitative estimate of drug-likeness (QED) is 0.841. The second-order valence-electron chi connectivity index (χ2n) is 5.50. The number of ether oxygens (including phenoxy) is 3. The lowest BCUT2D eigenvalue weighted by Crippen LogP contribution is -2.58. The predicted octanol–water partition coefficient (Wildman–Crippen LogP) is 0.174. The number of hydrogen-bond donors (Lipinski definition) is 1. The molecule has 3 rings (SSSR count). The third-order valence-corrected chi connectivity index (χ3v) is 3.88. The second kappa shape index (κ2) is 5.49. The molecule has 0 bridgehead atoms. The highest BCUT2D eigenvalue weighted by Gasteiger charge is 2.40. The van der Waals surface area contributed by atoms with E-state index in [-0.39, 0.29) is 19.1 Å². The molecule has 1 atom stereocenters. The van der Waals surface area contributed by atoms with Crippen molar-refractivity contribution in [3.8, 4) is 11.5 Å². The largest absolute Gasteiger partial charge is 0.486 e. The van der Waals surface area contributed by atoms with Crippen molar-refractivity contribution >= 4 is 11.8 Å². The number of hydrogen-bond acceptors (Lipinski definition) is 5. The first kappa shape index (κ1) is 14.6. The first-order valence-electron chi connectivity index (χ1n) is 7.13. The van der Waals surface area contributed by atoms with Crippen LogP contribution >= 0.6 is 0 Å². The molecule has 1 saturated heterocycles. The lowest BCUT2D eigenvalue weighted by Gasteiger charge is -2.38. The summed E-state index contributed by atoms with van der Waals surface area (Å²) in [6.07, 6.45) is 0. The Kier molecular flexibility index (Phi) is 3.66. The average Bonchev–Trinajstić information content (AvgIpc) is 2.53. The van der Waals surface area contributed by atoms with Gasteiger partial charge in [-0.1, -0.05) is 6.07 Å². The van der Waals surface area contributed by atoms with E-state index in [4.69, 9.17) is 19.9 Å². The van der Waals surface area contributed by atoms with Crippen molar-refractivity contribution < 1.29 is 23.8 Å². The Balaban J connectivity index is 1.87. The smallest absolute Gasteiger partial charge is 0.257 e. The fourth-order valence-corrected chi connectivity index (χ4v) is 2.60. The molecule has 2 aliphatic rings. The molecule has 22 heavy (non-hydrogen) atoms. The molecule has 1 aromatic carbocycles. The fraction of sp³-hybridized carbons (Fsp3) is 0.467. The first-order valence-corrected chi connectivity index (χ1v) is 7.13. The summed E-state index contributed by atoms with van der Waals surface area (Å²) in [5.74, 6) is 0.201. The highest BCUT2D eigenvalue weighted by Crippen LogP contribution is 2.34. The fourth-order valence-electron chi connectivity index (χ4n) is 2.60. The Morgan fingerprint density at radius 3 is 2.77 bits per heavy atom. The van der Waals surface area contributed by atoms with Gasteiger partial charge in [-0.2, -0.15) is 0 Å². The summed E-state index contributed by atoms with van der Waals surface area (Å²) in [5, 5.41) is 0. The van der Waals surface area contributed by atoms with Crippen molar-refractivity contribution in [2.24, 2.45) is 5.73 Å². The zero-order valence-corrected chi connectivity index (χ0v) is 12.3. The summed E-state index contributed by atoms with van der Waals surface area (Å²) in [6, 6.07) is 5.19. The van der Waals surface area contributed by atoms with Crippen LogP contribution in [-0.4, -0.2) is 55.2 Å². The minimum absolute atomic E-state index is 0.117. The summed E-state index contributed by atoms with van der Waals surface area (Å²) < 4.78 is 16.5. The van der Waals surface area contributed by atoms with Crippen LogP contribution in [0, 0.1) is 0 Å². The molecule has 2 aliphatic heterocycles. The highest BCUT2D eigenvalue weighted by atomic mass is 16.6. The van der Waals surface area contributed by atoms with Crippen LogP contribution in [0.2, 0.25) is 0 Å². The average molecular weight is 306 g/mol. The summed E-state index contributed by atoms with van der Waals surface area (Å²) in [7, 11) is 0.